The van der Waals surface area contributed by atoms with Crippen molar-refractivity contribution >= 4 is 11.8 Å². The maximum absolute atomic E-state index is 10.5. The Balaban J connectivity index is 2.38. The molecule has 0 bridgehead atoms. The molecule has 1 atom stereocenters. The molecule has 0 amide bonds. The van der Waals surface area contributed by atoms with E-state index >= 15 is 0 Å². The average molecular weight is 188 g/mol. The summed E-state index contributed by atoms with van der Waals surface area (Å²) in [5, 5.41) is 4.15. The summed E-state index contributed by atoms with van der Waals surface area (Å²) in [7, 11) is 0. The lowest BCUT2D eigenvalue weighted by molar-refractivity contribution is 0.383. The van der Waals surface area contributed by atoms with E-state index in [0.29, 0.717) is 16.8 Å². The van der Waals surface area contributed by atoms with Gasteiger partial charge in [-0.25, -0.2) is 4.79 Å². The van der Waals surface area contributed by atoms with E-state index in [1.807, 2.05) is 0 Å². The summed E-state index contributed by atoms with van der Waals surface area (Å²) in [4.78, 5) is 13.0. The molecule has 0 aliphatic heterocycles. The number of rotatable bonds is 4. The molecule has 1 unspecified atom stereocenters. The molecule has 0 aliphatic rings. The van der Waals surface area contributed by atoms with E-state index in [9.17, 15) is 4.79 Å². The van der Waals surface area contributed by atoms with Gasteiger partial charge in [0.1, 0.15) is 0 Å². The van der Waals surface area contributed by atoms with Gasteiger partial charge in [-0.05, 0) is 6.42 Å². The lowest BCUT2D eigenvalue weighted by Gasteiger charge is -2.04. The molecule has 1 N–H and O–H groups in total. The zero-order valence-electron chi connectivity index (χ0n) is 7.16. The van der Waals surface area contributed by atoms with Gasteiger partial charge in [-0.15, -0.1) is 0 Å². The van der Waals surface area contributed by atoms with E-state index in [-0.39, 0.29) is 0 Å². The second kappa shape index (κ2) is 4.35. The average Bonchev–Trinajstić information content (AvgIpc) is 2.47. The van der Waals surface area contributed by atoms with Crippen molar-refractivity contribution in [2.45, 2.75) is 31.3 Å². The van der Waals surface area contributed by atoms with Gasteiger partial charge in [0, 0.05) is 5.25 Å². The van der Waals surface area contributed by atoms with Crippen LogP contribution in [0.15, 0.2) is 9.32 Å². The molecule has 4 nitrogen and oxygen atoms in total. The minimum absolute atomic E-state index is 0.477. The van der Waals surface area contributed by atoms with Crippen LogP contribution in [0.3, 0.4) is 0 Å². The van der Waals surface area contributed by atoms with Gasteiger partial charge in [0.15, 0.2) is 5.82 Å². The fourth-order valence-corrected chi connectivity index (χ4v) is 1.46. The van der Waals surface area contributed by atoms with Gasteiger partial charge in [-0.1, -0.05) is 19.0 Å². The van der Waals surface area contributed by atoms with Crippen molar-refractivity contribution in [3.05, 3.63) is 16.4 Å². The normalized spacial score (nSPS) is 13.2. The number of aromatic nitrogens is 2. The van der Waals surface area contributed by atoms with Crippen LogP contribution in [0, 0.1) is 0 Å². The molecule has 68 valence electrons. The molecule has 0 saturated carbocycles. The fraction of sp³-hybridized carbons (Fsp3) is 0.714. The Hall–Kier alpha value is -0.710. The van der Waals surface area contributed by atoms with E-state index in [1.54, 1.807) is 11.8 Å². The second-order valence-corrected chi connectivity index (χ2v) is 4.00. The van der Waals surface area contributed by atoms with Crippen LogP contribution >= 0.6 is 11.8 Å². The highest BCUT2D eigenvalue weighted by molar-refractivity contribution is 7.99. The van der Waals surface area contributed by atoms with Crippen LogP contribution < -0.4 is 5.76 Å². The summed E-state index contributed by atoms with van der Waals surface area (Å²) in [6.45, 7) is 4.27. The van der Waals surface area contributed by atoms with Gasteiger partial charge in [-0.2, -0.15) is 11.8 Å². The van der Waals surface area contributed by atoms with Crippen LogP contribution in [0.1, 0.15) is 26.1 Å². The smallest absolute Gasteiger partial charge is 0.296 e. The molecule has 0 spiro atoms. The molecule has 1 rings (SSSR count). The second-order valence-electron chi connectivity index (χ2n) is 2.57. The maximum atomic E-state index is 10.5. The molecule has 1 aromatic rings. The van der Waals surface area contributed by atoms with E-state index in [0.717, 1.165) is 6.42 Å². The van der Waals surface area contributed by atoms with Crippen molar-refractivity contribution in [3.8, 4) is 0 Å². The van der Waals surface area contributed by atoms with E-state index in [4.69, 9.17) is 0 Å². The number of hydrogen-bond acceptors (Lipinski definition) is 4. The molecular formula is C7H12N2O2S. The summed E-state index contributed by atoms with van der Waals surface area (Å²) in [6.07, 6.45) is 1.12. The Labute approximate surface area is 74.7 Å². The highest BCUT2D eigenvalue weighted by Gasteiger charge is 2.03. The van der Waals surface area contributed by atoms with E-state index in [2.05, 4.69) is 28.5 Å². The summed E-state index contributed by atoms with van der Waals surface area (Å²) in [5.41, 5.74) is 0. The summed E-state index contributed by atoms with van der Waals surface area (Å²) in [6, 6.07) is 0. The van der Waals surface area contributed by atoms with Crippen LogP contribution in [0.5, 0.6) is 0 Å². The predicted molar refractivity (Wildman–Crippen MR) is 48.2 cm³/mol. The Morgan fingerprint density at radius 1 is 1.75 bits per heavy atom. The Bertz CT molecular complexity index is 281. The Morgan fingerprint density at radius 3 is 3.00 bits per heavy atom. The first-order valence-corrected chi connectivity index (χ1v) is 4.93. The van der Waals surface area contributed by atoms with Gasteiger partial charge in [0.25, 0.3) is 0 Å². The summed E-state index contributed by atoms with van der Waals surface area (Å²) >= 11 is 1.75. The number of H-pyrrole nitrogens is 1. The molecule has 0 fully saturated rings. The highest BCUT2D eigenvalue weighted by atomic mass is 32.2. The molecule has 12 heavy (non-hydrogen) atoms. The quantitative estimate of drug-likeness (QED) is 0.775. The van der Waals surface area contributed by atoms with Gasteiger partial charge in [0.2, 0.25) is 0 Å². The Morgan fingerprint density at radius 2 is 2.50 bits per heavy atom. The van der Waals surface area contributed by atoms with Crippen molar-refractivity contribution < 1.29 is 4.52 Å². The molecule has 0 saturated heterocycles. The number of thioether (sulfide) groups is 1. The van der Waals surface area contributed by atoms with Crippen molar-refractivity contribution in [2.75, 3.05) is 0 Å². The van der Waals surface area contributed by atoms with Crippen molar-refractivity contribution in [3.63, 3.8) is 0 Å². The first-order chi connectivity index (χ1) is 5.72. The number of nitrogens with zero attached hydrogens (tertiary/aromatic N) is 1. The van der Waals surface area contributed by atoms with E-state index < -0.39 is 5.76 Å². The molecule has 1 aromatic heterocycles. The van der Waals surface area contributed by atoms with E-state index in [1.165, 1.54) is 0 Å². The third kappa shape index (κ3) is 2.73. The zero-order chi connectivity index (χ0) is 8.97. The number of nitrogens with one attached hydrogen (secondary N) is 1. The molecular weight excluding hydrogens is 176 g/mol. The monoisotopic (exact) mass is 188 g/mol. The van der Waals surface area contributed by atoms with Crippen LogP contribution in [-0.4, -0.2) is 15.4 Å². The largest absolute Gasteiger partial charge is 0.438 e. The minimum atomic E-state index is -0.477. The lowest BCUT2D eigenvalue weighted by atomic mass is 10.4. The number of aromatic amines is 1. The summed E-state index contributed by atoms with van der Waals surface area (Å²) < 4.78 is 4.36. The fourth-order valence-electron chi connectivity index (χ4n) is 0.661. The van der Waals surface area contributed by atoms with Crippen molar-refractivity contribution in [2.24, 2.45) is 0 Å². The standard InChI is InChI=1S/C7H12N2O2S/c1-3-5(2)12-4-6-8-7(10)11-9-6/h5H,3-4H2,1-2H3,(H,8,9,10). The third-order valence-electron chi connectivity index (χ3n) is 1.56. The molecule has 0 aromatic carbocycles. The first-order valence-electron chi connectivity index (χ1n) is 3.89. The Kier molecular flexibility index (Phi) is 3.40. The van der Waals surface area contributed by atoms with Gasteiger partial charge in [-0.3, -0.25) is 9.51 Å². The third-order valence-corrected chi connectivity index (χ3v) is 2.91. The predicted octanol–water partition coefficient (Wildman–Crippen LogP) is 1.39. The molecule has 1 heterocycles. The van der Waals surface area contributed by atoms with Crippen molar-refractivity contribution in [1.29, 1.82) is 0 Å². The lowest BCUT2D eigenvalue weighted by Crippen LogP contribution is -1.98. The van der Waals surface area contributed by atoms with Crippen LogP contribution in [0.2, 0.25) is 0 Å². The van der Waals surface area contributed by atoms with Crippen LogP contribution in [0.4, 0.5) is 0 Å². The highest BCUT2D eigenvalue weighted by Crippen LogP contribution is 2.16. The maximum Gasteiger partial charge on any atom is 0.438 e. The van der Waals surface area contributed by atoms with Gasteiger partial charge < -0.3 is 0 Å². The van der Waals surface area contributed by atoms with Crippen LogP contribution in [-0.2, 0) is 5.75 Å². The van der Waals surface area contributed by atoms with Crippen molar-refractivity contribution in [1.82, 2.24) is 10.1 Å². The minimum Gasteiger partial charge on any atom is -0.296 e. The van der Waals surface area contributed by atoms with Gasteiger partial charge in [0.05, 0.1) is 5.75 Å². The first kappa shape index (κ1) is 9.38. The zero-order valence-corrected chi connectivity index (χ0v) is 7.98. The summed E-state index contributed by atoms with van der Waals surface area (Å²) in [5.74, 6) is 0.848. The molecule has 5 heteroatoms. The SMILES string of the molecule is CCC(C)SCc1noc(=O)[nH]1. The molecule has 0 radical (unpaired) electrons. The topological polar surface area (TPSA) is 58.9 Å². The van der Waals surface area contributed by atoms with Gasteiger partial charge >= 0.3 is 5.76 Å². The molecule has 0 aliphatic carbocycles. The number of hydrogen-bond donors (Lipinski definition) is 1. The van der Waals surface area contributed by atoms with Crippen LogP contribution in [0.25, 0.3) is 0 Å².